The molecule has 0 radical (unpaired) electrons. The van der Waals surface area contributed by atoms with Gasteiger partial charge in [-0.15, -0.1) is 0 Å². The number of hydrogen-bond acceptors (Lipinski definition) is 3. The summed E-state index contributed by atoms with van der Waals surface area (Å²) in [7, 11) is 1.90. The van der Waals surface area contributed by atoms with Gasteiger partial charge in [0.05, 0.1) is 12.3 Å². The average Bonchev–Trinajstić information content (AvgIpc) is 2.80. The van der Waals surface area contributed by atoms with Gasteiger partial charge < -0.3 is 9.73 Å². The molecular weight excluding hydrogens is 298 g/mol. The zero-order valence-corrected chi connectivity index (χ0v) is 11.1. The molecule has 0 bridgehead atoms. The van der Waals surface area contributed by atoms with Crippen molar-refractivity contribution in [1.82, 2.24) is 5.32 Å². The third kappa shape index (κ3) is 2.13. The van der Waals surface area contributed by atoms with Gasteiger partial charge in [0.2, 0.25) is 0 Å². The molecule has 2 rings (SSSR count). The van der Waals surface area contributed by atoms with Crippen LogP contribution in [0.1, 0.15) is 17.2 Å². The predicted molar refractivity (Wildman–Crippen MR) is 66.6 cm³/mol. The molecule has 0 amide bonds. The number of thiophene rings is 1. The van der Waals surface area contributed by atoms with Crippen LogP contribution in [0.15, 0.2) is 32.0 Å². The highest BCUT2D eigenvalue weighted by molar-refractivity contribution is 9.10. The van der Waals surface area contributed by atoms with Crippen molar-refractivity contribution < 1.29 is 4.42 Å². The molecule has 2 nitrogen and oxygen atoms in total. The van der Waals surface area contributed by atoms with Gasteiger partial charge in [0.25, 0.3) is 0 Å². The topological polar surface area (TPSA) is 25.2 Å². The third-order valence-electron chi connectivity index (χ3n) is 2.20. The van der Waals surface area contributed by atoms with Gasteiger partial charge in [0, 0.05) is 15.4 Å². The molecule has 15 heavy (non-hydrogen) atoms. The summed E-state index contributed by atoms with van der Waals surface area (Å²) >= 11 is 11.1. The fourth-order valence-electron chi connectivity index (χ4n) is 1.49. The van der Waals surface area contributed by atoms with Gasteiger partial charge in [-0.3, -0.25) is 0 Å². The normalized spacial score (nSPS) is 13.0. The summed E-state index contributed by atoms with van der Waals surface area (Å²) in [6.07, 6.45) is 1.60. The van der Waals surface area contributed by atoms with Gasteiger partial charge in [-0.2, -0.15) is 11.3 Å². The fraction of sp³-hybridized carbons (Fsp3) is 0.200. The Hall–Kier alpha value is -0.290. The van der Waals surface area contributed by atoms with Crippen LogP contribution in [0.5, 0.6) is 0 Å². The molecule has 0 aliphatic heterocycles. The van der Waals surface area contributed by atoms with Crippen molar-refractivity contribution in [3.63, 3.8) is 0 Å². The van der Waals surface area contributed by atoms with Crippen LogP contribution < -0.4 is 5.32 Å². The lowest BCUT2D eigenvalue weighted by Gasteiger charge is -2.14. The lowest BCUT2D eigenvalue weighted by Crippen LogP contribution is -2.17. The molecule has 1 N–H and O–H groups in total. The Kier molecular flexibility index (Phi) is 3.51. The molecule has 0 aromatic carbocycles. The molecule has 2 aromatic heterocycles. The molecule has 0 spiro atoms. The molecule has 0 saturated carbocycles. The summed E-state index contributed by atoms with van der Waals surface area (Å²) in [6.45, 7) is 0. The first-order valence-electron chi connectivity index (χ1n) is 4.35. The number of furan rings is 1. The van der Waals surface area contributed by atoms with E-state index in [4.69, 9.17) is 16.0 Å². The molecular formula is C10H9BrClNOS. The second-order valence-electron chi connectivity index (χ2n) is 3.05. The Morgan fingerprint density at radius 1 is 1.47 bits per heavy atom. The minimum absolute atomic E-state index is 0.0666. The van der Waals surface area contributed by atoms with Crippen molar-refractivity contribution in [2.45, 2.75) is 6.04 Å². The molecule has 1 unspecified atom stereocenters. The number of hydrogen-bond donors (Lipinski definition) is 1. The van der Waals surface area contributed by atoms with Crippen molar-refractivity contribution in [2.24, 2.45) is 0 Å². The van der Waals surface area contributed by atoms with Crippen LogP contribution >= 0.6 is 38.9 Å². The minimum atomic E-state index is 0.0666. The van der Waals surface area contributed by atoms with Crippen molar-refractivity contribution >= 4 is 38.9 Å². The van der Waals surface area contributed by atoms with Gasteiger partial charge in [-0.25, -0.2) is 0 Å². The summed E-state index contributed by atoms with van der Waals surface area (Å²) in [5.41, 5.74) is 2.13. The molecule has 0 aliphatic carbocycles. The second kappa shape index (κ2) is 4.70. The number of rotatable bonds is 3. The zero-order valence-electron chi connectivity index (χ0n) is 7.96. The predicted octanol–water partition coefficient (Wildman–Crippen LogP) is 4.07. The van der Waals surface area contributed by atoms with Crippen LogP contribution in [-0.2, 0) is 0 Å². The molecule has 5 heteroatoms. The SMILES string of the molecule is CNC(c1cscc1Br)c1ccoc1Cl. The van der Waals surface area contributed by atoms with Crippen LogP contribution in [0.4, 0.5) is 0 Å². The van der Waals surface area contributed by atoms with E-state index < -0.39 is 0 Å². The van der Waals surface area contributed by atoms with E-state index in [9.17, 15) is 0 Å². The van der Waals surface area contributed by atoms with Gasteiger partial charge in [0.1, 0.15) is 0 Å². The quantitative estimate of drug-likeness (QED) is 0.925. The van der Waals surface area contributed by atoms with E-state index >= 15 is 0 Å². The Bertz CT molecular complexity index is 413. The molecule has 80 valence electrons. The van der Waals surface area contributed by atoms with E-state index in [-0.39, 0.29) is 6.04 Å². The zero-order chi connectivity index (χ0) is 10.8. The summed E-state index contributed by atoms with van der Waals surface area (Å²) < 4.78 is 6.19. The van der Waals surface area contributed by atoms with E-state index in [1.165, 1.54) is 5.56 Å². The molecule has 0 saturated heterocycles. The first kappa shape index (κ1) is 11.2. The summed E-state index contributed by atoms with van der Waals surface area (Å²) in [6, 6.07) is 1.95. The maximum Gasteiger partial charge on any atom is 0.198 e. The van der Waals surface area contributed by atoms with Crippen molar-refractivity contribution in [2.75, 3.05) is 7.05 Å². The molecule has 1 atom stereocenters. The Balaban J connectivity index is 2.41. The van der Waals surface area contributed by atoms with Gasteiger partial charge in [0.15, 0.2) is 5.22 Å². The van der Waals surface area contributed by atoms with Crippen LogP contribution in [0, 0.1) is 0 Å². The summed E-state index contributed by atoms with van der Waals surface area (Å²) in [5.74, 6) is 0. The van der Waals surface area contributed by atoms with Gasteiger partial charge in [-0.05, 0) is 51.6 Å². The van der Waals surface area contributed by atoms with Crippen molar-refractivity contribution in [3.05, 3.63) is 43.9 Å². The van der Waals surface area contributed by atoms with E-state index in [2.05, 4.69) is 26.6 Å². The van der Waals surface area contributed by atoms with Gasteiger partial charge >= 0.3 is 0 Å². The van der Waals surface area contributed by atoms with E-state index in [1.54, 1.807) is 17.6 Å². The first-order chi connectivity index (χ1) is 7.24. The van der Waals surface area contributed by atoms with E-state index in [0.717, 1.165) is 10.0 Å². The highest BCUT2D eigenvalue weighted by atomic mass is 79.9. The number of nitrogens with one attached hydrogen (secondary N) is 1. The Morgan fingerprint density at radius 2 is 2.27 bits per heavy atom. The van der Waals surface area contributed by atoms with Crippen LogP contribution in [0.25, 0.3) is 0 Å². The van der Waals surface area contributed by atoms with Crippen molar-refractivity contribution in [3.8, 4) is 0 Å². The Labute approximate surface area is 105 Å². The van der Waals surface area contributed by atoms with Gasteiger partial charge in [-0.1, -0.05) is 0 Å². The smallest absolute Gasteiger partial charge is 0.198 e. The minimum Gasteiger partial charge on any atom is -0.453 e. The highest BCUT2D eigenvalue weighted by Crippen LogP contribution is 2.34. The lowest BCUT2D eigenvalue weighted by molar-refractivity contribution is 0.559. The van der Waals surface area contributed by atoms with Crippen LogP contribution in [0.2, 0.25) is 5.22 Å². The number of halogens is 2. The molecule has 2 heterocycles. The standard InChI is InChI=1S/C10H9BrClNOS/c1-13-9(6-2-3-14-10(6)12)7-4-15-5-8(7)11/h2-5,9,13H,1H3. The maximum absolute atomic E-state index is 5.96. The lowest BCUT2D eigenvalue weighted by atomic mass is 10.1. The van der Waals surface area contributed by atoms with Crippen LogP contribution in [0.3, 0.4) is 0 Å². The molecule has 2 aromatic rings. The highest BCUT2D eigenvalue weighted by Gasteiger charge is 2.19. The molecule has 0 fully saturated rings. The van der Waals surface area contributed by atoms with E-state index in [1.807, 2.05) is 18.5 Å². The van der Waals surface area contributed by atoms with E-state index in [0.29, 0.717) is 5.22 Å². The van der Waals surface area contributed by atoms with Crippen molar-refractivity contribution in [1.29, 1.82) is 0 Å². The maximum atomic E-state index is 5.96. The Morgan fingerprint density at radius 3 is 2.73 bits per heavy atom. The largest absolute Gasteiger partial charge is 0.453 e. The summed E-state index contributed by atoms with van der Waals surface area (Å²) in [4.78, 5) is 0. The monoisotopic (exact) mass is 305 g/mol. The fourth-order valence-corrected chi connectivity index (χ4v) is 3.26. The summed E-state index contributed by atoms with van der Waals surface area (Å²) in [5, 5.41) is 7.80. The third-order valence-corrected chi connectivity index (χ3v) is 4.26. The average molecular weight is 307 g/mol. The molecule has 0 aliphatic rings. The first-order valence-corrected chi connectivity index (χ1v) is 6.47. The van der Waals surface area contributed by atoms with Crippen LogP contribution in [-0.4, -0.2) is 7.05 Å². The second-order valence-corrected chi connectivity index (χ2v) is 4.99.